The maximum Gasteiger partial charge on any atom is 0.137 e. The number of rotatable bonds is 5. The molecule has 2 rings (SSSR count). The zero-order valence-corrected chi connectivity index (χ0v) is 10.2. The van der Waals surface area contributed by atoms with Crippen molar-refractivity contribution in [3.63, 3.8) is 0 Å². The van der Waals surface area contributed by atoms with Crippen molar-refractivity contribution in [3.05, 3.63) is 48.3 Å². The Hall–Kier alpha value is -2.01. The van der Waals surface area contributed by atoms with Crippen molar-refractivity contribution in [1.29, 1.82) is 0 Å². The van der Waals surface area contributed by atoms with E-state index in [0.717, 1.165) is 6.42 Å². The molecule has 1 unspecified atom stereocenters. The van der Waals surface area contributed by atoms with E-state index in [1.807, 2.05) is 6.92 Å². The summed E-state index contributed by atoms with van der Waals surface area (Å²) in [6, 6.07) is 1.78. The average Bonchev–Trinajstić information content (AvgIpc) is 2.45. The normalized spacial score (nSPS) is 12.1. The van der Waals surface area contributed by atoms with Crippen LogP contribution in [-0.2, 0) is 0 Å². The van der Waals surface area contributed by atoms with Crippen LogP contribution in [-0.4, -0.2) is 26.7 Å². The quantitative estimate of drug-likeness (QED) is 0.869. The van der Waals surface area contributed by atoms with Crippen LogP contribution in [0.5, 0.6) is 5.75 Å². The summed E-state index contributed by atoms with van der Waals surface area (Å²) in [5, 5.41) is 10.2. The van der Waals surface area contributed by atoms with Crippen LogP contribution >= 0.6 is 0 Å². The number of hydrogen-bond acceptors (Lipinski definition) is 5. The highest BCUT2D eigenvalue weighted by Crippen LogP contribution is 2.22. The summed E-state index contributed by atoms with van der Waals surface area (Å²) in [6.07, 6.45) is 7.97. The Morgan fingerprint density at radius 1 is 1.11 bits per heavy atom. The first kappa shape index (κ1) is 12.4. The lowest BCUT2D eigenvalue weighted by Gasteiger charge is -2.11. The van der Waals surface area contributed by atoms with E-state index in [4.69, 9.17) is 4.74 Å². The van der Waals surface area contributed by atoms with Gasteiger partial charge in [0.1, 0.15) is 18.2 Å². The lowest BCUT2D eigenvalue weighted by atomic mass is 10.1. The lowest BCUT2D eigenvalue weighted by Crippen LogP contribution is -2.03. The zero-order chi connectivity index (χ0) is 12.8. The van der Waals surface area contributed by atoms with E-state index in [2.05, 4.69) is 15.0 Å². The Bertz CT molecular complexity index is 491. The van der Waals surface area contributed by atoms with E-state index < -0.39 is 6.10 Å². The molecule has 1 atom stereocenters. The van der Waals surface area contributed by atoms with Crippen molar-refractivity contribution < 1.29 is 9.84 Å². The molecule has 0 aliphatic carbocycles. The molecule has 5 nitrogen and oxygen atoms in total. The highest BCUT2D eigenvalue weighted by Gasteiger charge is 2.12. The summed E-state index contributed by atoms with van der Waals surface area (Å²) in [5.74, 6) is 0.658. The second kappa shape index (κ2) is 6.07. The Balaban J connectivity index is 2.17. The van der Waals surface area contributed by atoms with Crippen molar-refractivity contribution in [1.82, 2.24) is 15.0 Å². The average molecular weight is 245 g/mol. The summed E-state index contributed by atoms with van der Waals surface area (Å²) < 4.78 is 5.48. The van der Waals surface area contributed by atoms with E-state index in [1.165, 1.54) is 6.33 Å². The molecule has 0 fully saturated rings. The first-order chi connectivity index (χ1) is 8.81. The summed E-state index contributed by atoms with van der Waals surface area (Å²) in [5.41, 5.74) is 1.30. The molecule has 0 aliphatic rings. The Morgan fingerprint density at radius 3 is 2.56 bits per heavy atom. The highest BCUT2D eigenvalue weighted by atomic mass is 16.5. The molecule has 18 heavy (non-hydrogen) atoms. The molecule has 0 saturated carbocycles. The largest absolute Gasteiger partial charge is 0.492 e. The van der Waals surface area contributed by atoms with Gasteiger partial charge in [0.25, 0.3) is 0 Å². The molecule has 94 valence electrons. The van der Waals surface area contributed by atoms with E-state index in [0.29, 0.717) is 23.5 Å². The Morgan fingerprint density at radius 2 is 1.83 bits per heavy atom. The topological polar surface area (TPSA) is 68.1 Å². The van der Waals surface area contributed by atoms with E-state index in [-0.39, 0.29) is 0 Å². The fraction of sp³-hybridized carbons (Fsp3) is 0.308. The molecule has 2 heterocycles. The van der Waals surface area contributed by atoms with Gasteiger partial charge >= 0.3 is 0 Å². The van der Waals surface area contributed by atoms with Crippen LogP contribution in [0.15, 0.2) is 37.2 Å². The van der Waals surface area contributed by atoms with Crippen molar-refractivity contribution in [2.75, 3.05) is 6.61 Å². The summed E-state index contributed by atoms with van der Waals surface area (Å²) in [7, 11) is 0. The number of ether oxygens (including phenoxy) is 1. The lowest BCUT2D eigenvalue weighted by molar-refractivity contribution is 0.218. The summed E-state index contributed by atoms with van der Waals surface area (Å²) >= 11 is 0. The van der Waals surface area contributed by atoms with Crippen LogP contribution in [0.2, 0.25) is 0 Å². The molecule has 1 N–H and O–H groups in total. The van der Waals surface area contributed by atoms with Gasteiger partial charge in [-0.1, -0.05) is 6.92 Å². The van der Waals surface area contributed by atoms with Gasteiger partial charge in [-0.05, 0) is 12.5 Å². The van der Waals surface area contributed by atoms with Gasteiger partial charge in [0, 0.05) is 29.7 Å². The molecule has 0 amide bonds. The summed E-state index contributed by atoms with van der Waals surface area (Å²) in [6.45, 7) is 2.67. The maximum absolute atomic E-state index is 10.2. The fourth-order valence-electron chi connectivity index (χ4n) is 1.53. The van der Waals surface area contributed by atoms with Crippen molar-refractivity contribution in [2.24, 2.45) is 0 Å². The van der Waals surface area contributed by atoms with Crippen LogP contribution in [0.1, 0.15) is 30.6 Å². The van der Waals surface area contributed by atoms with Crippen LogP contribution in [0.3, 0.4) is 0 Å². The smallest absolute Gasteiger partial charge is 0.137 e. The van der Waals surface area contributed by atoms with Gasteiger partial charge in [-0.2, -0.15) is 0 Å². The molecule has 5 heteroatoms. The van der Waals surface area contributed by atoms with Gasteiger partial charge in [-0.25, -0.2) is 9.97 Å². The third kappa shape index (κ3) is 3.01. The molecule has 0 bridgehead atoms. The maximum atomic E-state index is 10.2. The van der Waals surface area contributed by atoms with Gasteiger partial charge in [0.2, 0.25) is 0 Å². The predicted molar refractivity (Wildman–Crippen MR) is 66.1 cm³/mol. The van der Waals surface area contributed by atoms with Gasteiger partial charge < -0.3 is 9.84 Å². The molecule has 0 saturated heterocycles. The zero-order valence-electron chi connectivity index (χ0n) is 10.2. The van der Waals surface area contributed by atoms with Gasteiger partial charge in [-0.15, -0.1) is 0 Å². The van der Waals surface area contributed by atoms with Gasteiger partial charge in [0.15, 0.2) is 0 Å². The number of hydrogen-bond donors (Lipinski definition) is 1. The van der Waals surface area contributed by atoms with E-state index in [1.54, 1.807) is 30.9 Å². The van der Waals surface area contributed by atoms with Crippen LogP contribution < -0.4 is 4.74 Å². The van der Waals surface area contributed by atoms with E-state index in [9.17, 15) is 5.11 Å². The van der Waals surface area contributed by atoms with Gasteiger partial charge in [-0.3, -0.25) is 4.98 Å². The second-order valence-corrected chi connectivity index (χ2v) is 3.88. The van der Waals surface area contributed by atoms with Crippen molar-refractivity contribution in [3.8, 4) is 5.75 Å². The SMILES string of the molecule is CCCOc1cncc(C(O)c2cncnc2)c1. The predicted octanol–water partition coefficient (Wildman–Crippen LogP) is 1.74. The monoisotopic (exact) mass is 245 g/mol. The molecular formula is C13H15N3O2. The molecule has 0 spiro atoms. The number of pyridine rings is 1. The van der Waals surface area contributed by atoms with E-state index >= 15 is 0 Å². The molecule has 2 aromatic rings. The Labute approximate surface area is 106 Å². The van der Waals surface area contributed by atoms with Crippen molar-refractivity contribution >= 4 is 0 Å². The third-order valence-corrected chi connectivity index (χ3v) is 2.42. The first-order valence-electron chi connectivity index (χ1n) is 5.82. The molecule has 0 radical (unpaired) electrons. The third-order valence-electron chi connectivity index (χ3n) is 2.42. The van der Waals surface area contributed by atoms with Crippen molar-refractivity contribution in [2.45, 2.75) is 19.4 Å². The molecule has 2 aromatic heterocycles. The Kier molecular flexibility index (Phi) is 4.20. The minimum absolute atomic E-state index is 0.631. The number of nitrogens with zero attached hydrogens (tertiary/aromatic N) is 3. The molecule has 0 aromatic carbocycles. The van der Waals surface area contributed by atoms with Crippen LogP contribution in [0.4, 0.5) is 0 Å². The highest BCUT2D eigenvalue weighted by molar-refractivity contribution is 5.30. The van der Waals surface area contributed by atoms with Crippen LogP contribution in [0.25, 0.3) is 0 Å². The number of aromatic nitrogens is 3. The molecular weight excluding hydrogens is 230 g/mol. The first-order valence-corrected chi connectivity index (χ1v) is 5.82. The number of aliphatic hydroxyl groups excluding tert-OH is 1. The van der Waals surface area contributed by atoms with Gasteiger partial charge in [0.05, 0.1) is 12.8 Å². The fourth-order valence-corrected chi connectivity index (χ4v) is 1.53. The second-order valence-electron chi connectivity index (χ2n) is 3.88. The summed E-state index contributed by atoms with van der Waals surface area (Å²) in [4.78, 5) is 11.8. The van der Waals surface area contributed by atoms with Crippen LogP contribution in [0, 0.1) is 0 Å². The standard InChI is InChI=1S/C13H15N3O2/c1-2-3-18-12-4-10(5-14-8-12)13(17)11-6-15-9-16-7-11/h4-9,13,17H,2-3H2,1H3. The minimum Gasteiger partial charge on any atom is -0.492 e. The minimum atomic E-state index is -0.788. The number of aliphatic hydroxyl groups is 1. The molecule has 0 aliphatic heterocycles.